The molecule has 0 aliphatic heterocycles. The van der Waals surface area contributed by atoms with Crippen molar-refractivity contribution in [3.05, 3.63) is 33.1 Å². The van der Waals surface area contributed by atoms with Gasteiger partial charge >= 0.3 is 0 Å². The van der Waals surface area contributed by atoms with E-state index in [1.165, 1.54) is 18.2 Å². The maximum absolute atomic E-state index is 12.8. The molecule has 0 fully saturated rings. The second-order valence-corrected chi connectivity index (χ2v) is 4.40. The van der Waals surface area contributed by atoms with E-state index in [1.807, 2.05) is 29.5 Å². The number of carbonyl (C=O) groups is 1. The quantitative estimate of drug-likeness (QED) is 0.829. The van der Waals surface area contributed by atoms with Crippen molar-refractivity contribution in [3.8, 4) is 0 Å². The van der Waals surface area contributed by atoms with Crippen molar-refractivity contribution < 1.29 is 9.18 Å². The van der Waals surface area contributed by atoms with Gasteiger partial charge in [0.25, 0.3) is 5.91 Å². The molecule has 82 valence electrons. The van der Waals surface area contributed by atoms with Gasteiger partial charge in [-0.05, 0) is 47.7 Å². The van der Waals surface area contributed by atoms with E-state index in [-0.39, 0.29) is 17.8 Å². The summed E-state index contributed by atoms with van der Waals surface area (Å²) in [5.74, 6) is -0.569. The number of rotatable bonds is 3. The van der Waals surface area contributed by atoms with E-state index in [2.05, 4.69) is 5.32 Å². The van der Waals surface area contributed by atoms with E-state index in [0.29, 0.717) is 15.7 Å². The lowest BCUT2D eigenvalue weighted by Gasteiger charge is -2.12. The number of nitrogens with two attached hydrogens (primary N) is 1. The van der Waals surface area contributed by atoms with Crippen LogP contribution in [0.2, 0.25) is 0 Å². The van der Waals surface area contributed by atoms with E-state index in [1.54, 1.807) is 0 Å². The highest BCUT2D eigenvalue weighted by Gasteiger charge is 2.12. The molecule has 0 bridgehead atoms. The van der Waals surface area contributed by atoms with Crippen LogP contribution in [-0.2, 0) is 0 Å². The molecule has 1 unspecified atom stereocenters. The van der Waals surface area contributed by atoms with E-state index in [4.69, 9.17) is 5.73 Å². The Bertz CT molecular complexity index is 370. The summed E-state index contributed by atoms with van der Waals surface area (Å²) in [5, 5.41) is 2.71. The number of nitrogens with one attached hydrogen (secondary N) is 1. The van der Waals surface area contributed by atoms with Crippen LogP contribution in [0.3, 0.4) is 0 Å². The fourth-order valence-electron chi connectivity index (χ4n) is 1.03. The summed E-state index contributed by atoms with van der Waals surface area (Å²) in [6.07, 6.45) is 0. The summed E-state index contributed by atoms with van der Waals surface area (Å²) in [6, 6.07) is 3.97. The number of hydrogen-bond donors (Lipinski definition) is 2. The minimum atomic E-state index is -0.345. The average Bonchev–Trinajstić information content (AvgIpc) is 2.17. The monoisotopic (exact) mass is 322 g/mol. The number of amides is 1. The van der Waals surface area contributed by atoms with Gasteiger partial charge in [0.1, 0.15) is 5.82 Å². The molecule has 0 saturated heterocycles. The predicted molar refractivity (Wildman–Crippen MR) is 65.1 cm³/mol. The molecule has 1 atom stereocenters. The van der Waals surface area contributed by atoms with Crippen molar-refractivity contribution in [2.75, 3.05) is 6.54 Å². The number of benzene rings is 1. The molecule has 0 aliphatic carbocycles. The predicted octanol–water partition coefficient (Wildman–Crippen LogP) is 1.51. The second-order valence-electron chi connectivity index (χ2n) is 3.23. The van der Waals surface area contributed by atoms with Gasteiger partial charge in [-0.15, -0.1) is 0 Å². The molecule has 1 amide bonds. The van der Waals surface area contributed by atoms with Crippen molar-refractivity contribution in [2.24, 2.45) is 5.73 Å². The standard InChI is InChI=1S/C10H12FIN2O/c1-6(5-13)14-10(15)8-3-2-7(11)4-9(8)12/h2-4,6H,5,13H2,1H3,(H,14,15). The van der Waals surface area contributed by atoms with Gasteiger partial charge in [0.2, 0.25) is 0 Å². The fourth-order valence-corrected chi connectivity index (χ4v) is 1.76. The maximum atomic E-state index is 12.8. The van der Waals surface area contributed by atoms with Gasteiger partial charge in [-0.2, -0.15) is 0 Å². The Hall–Kier alpha value is -0.690. The van der Waals surface area contributed by atoms with Crippen LogP contribution in [0.4, 0.5) is 4.39 Å². The highest BCUT2D eigenvalue weighted by Crippen LogP contribution is 2.13. The molecule has 0 spiro atoms. The zero-order valence-corrected chi connectivity index (χ0v) is 10.4. The maximum Gasteiger partial charge on any atom is 0.252 e. The van der Waals surface area contributed by atoms with Crippen molar-refractivity contribution in [1.29, 1.82) is 0 Å². The molecule has 15 heavy (non-hydrogen) atoms. The molecule has 1 aromatic rings. The molecule has 1 rings (SSSR count). The molecule has 3 nitrogen and oxygen atoms in total. The summed E-state index contributed by atoms with van der Waals surface area (Å²) in [4.78, 5) is 11.7. The van der Waals surface area contributed by atoms with Crippen LogP contribution in [0.1, 0.15) is 17.3 Å². The first-order valence-corrected chi connectivity index (χ1v) is 5.58. The number of carbonyl (C=O) groups excluding carboxylic acids is 1. The molecule has 5 heteroatoms. The first kappa shape index (κ1) is 12.4. The van der Waals surface area contributed by atoms with Crippen LogP contribution in [0.15, 0.2) is 18.2 Å². The Labute approximate surface area is 101 Å². The van der Waals surface area contributed by atoms with Gasteiger partial charge in [0, 0.05) is 16.2 Å². The molecule has 0 saturated carbocycles. The van der Waals surface area contributed by atoms with Crippen LogP contribution in [0.5, 0.6) is 0 Å². The normalized spacial score (nSPS) is 12.3. The van der Waals surface area contributed by atoms with Gasteiger partial charge in [-0.1, -0.05) is 0 Å². The third-order valence-corrected chi connectivity index (χ3v) is 2.80. The molecule has 0 aliphatic rings. The molecule has 0 radical (unpaired) electrons. The van der Waals surface area contributed by atoms with Crippen molar-refractivity contribution in [2.45, 2.75) is 13.0 Å². The van der Waals surface area contributed by atoms with Crippen molar-refractivity contribution in [1.82, 2.24) is 5.32 Å². The van der Waals surface area contributed by atoms with Crippen LogP contribution in [-0.4, -0.2) is 18.5 Å². The summed E-state index contributed by atoms with van der Waals surface area (Å²) < 4.78 is 13.4. The van der Waals surface area contributed by atoms with E-state index in [0.717, 1.165) is 0 Å². The first-order valence-electron chi connectivity index (χ1n) is 4.50. The lowest BCUT2D eigenvalue weighted by atomic mass is 10.2. The molecule has 0 aromatic heterocycles. The average molecular weight is 322 g/mol. The highest BCUT2D eigenvalue weighted by atomic mass is 127. The third-order valence-electron chi connectivity index (χ3n) is 1.91. The minimum Gasteiger partial charge on any atom is -0.348 e. The minimum absolute atomic E-state index is 0.0849. The third kappa shape index (κ3) is 3.42. The molecule has 1 aromatic carbocycles. The van der Waals surface area contributed by atoms with Crippen LogP contribution in [0.25, 0.3) is 0 Å². The van der Waals surface area contributed by atoms with Gasteiger partial charge in [0.05, 0.1) is 5.56 Å². The summed E-state index contributed by atoms with van der Waals surface area (Å²) in [7, 11) is 0. The zero-order chi connectivity index (χ0) is 11.4. The van der Waals surface area contributed by atoms with Gasteiger partial charge in [-0.25, -0.2) is 4.39 Å². The summed E-state index contributed by atoms with van der Waals surface area (Å²) in [5.41, 5.74) is 5.85. The van der Waals surface area contributed by atoms with Gasteiger partial charge < -0.3 is 11.1 Å². The highest BCUT2D eigenvalue weighted by molar-refractivity contribution is 14.1. The van der Waals surface area contributed by atoms with Crippen LogP contribution < -0.4 is 11.1 Å². The van der Waals surface area contributed by atoms with E-state index in [9.17, 15) is 9.18 Å². The largest absolute Gasteiger partial charge is 0.348 e. The summed E-state index contributed by atoms with van der Waals surface area (Å²) in [6.45, 7) is 2.19. The molecular formula is C10H12FIN2O. The lowest BCUT2D eigenvalue weighted by molar-refractivity contribution is 0.0940. The Morgan fingerprint density at radius 3 is 2.87 bits per heavy atom. The second kappa shape index (κ2) is 5.41. The zero-order valence-electron chi connectivity index (χ0n) is 8.26. The lowest BCUT2D eigenvalue weighted by Crippen LogP contribution is -2.38. The summed E-state index contributed by atoms with van der Waals surface area (Å²) >= 11 is 1.93. The van der Waals surface area contributed by atoms with Crippen LogP contribution >= 0.6 is 22.6 Å². The Morgan fingerprint density at radius 1 is 1.67 bits per heavy atom. The molecule has 3 N–H and O–H groups in total. The SMILES string of the molecule is CC(CN)NC(=O)c1ccc(F)cc1I. The van der Waals surface area contributed by atoms with Gasteiger partial charge in [-0.3, -0.25) is 4.79 Å². The van der Waals surface area contributed by atoms with Crippen molar-refractivity contribution in [3.63, 3.8) is 0 Å². The van der Waals surface area contributed by atoms with Gasteiger partial charge in [0.15, 0.2) is 0 Å². The topological polar surface area (TPSA) is 55.1 Å². The Morgan fingerprint density at radius 2 is 2.33 bits per heavy atom. The number of hydrogen-bond acceptors (Lipinski definition) is 2. The van der Waals surface area contributed by atoms with E-state index >= 15 is 0 Å². The fraction of sp³-hybridized carbons (Fsp3) is 0.300. The number of halogens is 2. The Balaban J connectivity index is 2.82. The van der Waals surface area contributed by atoms with Crippen LogP contribution in [0, 0.1) is 9.39 Å². The first-order chi connectivity index (χ1) is 7.04. The van der Waals surface area contributed by atoms with E-state index < -0.39 is 0 Å². The molecular weight excluding hydrogens is 310 g/mol. The van der Waals surface area contributed by atoms with Crippen molar-refractivity contribution >= 4 is 28.5 Å². The molecule has 0 heterocycles. The smallest absolute Gasteiger partial charge is 0.252 e. The Kier molecular flexibility index (Phi) is 4.46.